The number of halogens is 2. The summed E-state index contributed by atoms with van der Waals surface area (Å²) < 4.78 is 23.4. The van der Waals surface area contributed by atoms with E-state index < -0.39 is 12.2 Å². The molecule has 0 N–H and O–H groups in total. The van der Waals surface area contributed by atoms with Crippen LogP contribution in [0.3, 0.4) is 0 Å². The van der Waals surface area contributed by atoms with Crippen molar-refractivity contribution in [2.45, 2.75) is 6.43 Å². The summed E-state index contributed by atoms with van der Waals surface area (Å²) in [7, 11) is 0. The summed E-state index contributed by atoms with van der Waals surface area (Å²) in [4.78, 5) is 10.5. The molecule has 0 amide bonds. The van der Waals surface area contributed by atoms with Crippen LogP contribution in [0.15, 0.2) is 37.0 Å². The van der Waals surface area contributed by atoms with Crippen LogP contribution in [0.4, 0.5) is 8.78 Å². The van der Waals surface area contributed by atoms with Crippen molar-refractivity contribution < 1.29 is 13.6 Å². The Bertz CT molecular complexity index is 204. The summed E-state index contributed by atoms with van der Waals surface area (Å²) in [6.45, 7) is 6.48. The van der Waals surface area contributed by atoms with Crippen LogP contribution in [-0.2, 0) is 4.79 Å². The summed E-state index contributed by atoms with van der Waals surface area (Å²) in [6, 6.07) is 0. The van der Waals surface area contributed by atoms with Crippen LogP contribution < -0.4 is 0 Å². The van der Waals surface area contributed by atoms with Crippen molar-refractivity contribution in [1.82, 2.24) is 0 Å². The van der Waals surface area contributed by atoms with Gasteiger partial charge in [-0.05, 0) is 0 Å². The number of hydrogen-bond acceptors (Lipinski definition) is 1. The van der Waals surface area contributed by atoms with Gasteiger partial charge in [0.25, 0.3) is 0 Å². The number of allylic oxidation sites excluding steroid dienone is 4. The molecule has 0 unspecified atom stereocenters. The Morgan fingerprint density at radius 2 is 1.91 bits per heavy atom. The lowest BCUT2D eigenvalue weighted by Gasteiger charge is -1.96. The van der Waals surface area contributed by atoms with Crippen molar-refractivity contribution in [2.75, 3.05) is 0 Å². The van der Waals surface area contributed by atoms with Gasteiger partial charge in [0.2, 0.25) is 5.78 Å². The Hall–Kier alpha value is -1.25. The highest BCUT2D eigenvalue weighted by atomic mass is 19.3. The Morgan fingerprint density at radius 3 is 2.18 bits per heavy atom. The van der Waals surface area contributed by atoms with Gasteiger partial charge in [0.15, 0.2) is 0 Å². The molecule has 0 atom stereocenters. The van der Waals surface area contributed by atoms with Gasteiger partial charge in [-0.3, -0.25) is 4.79 Å². The number of rotatable bonds is 4. The molecule has 0 aromatic rings. The molecule has 1 nitrogen and oxygen atoms in total. The van der Waals surface area contributed by atoms with E-state index in [4.69, 9.17) is 0 Å². The Morgan fingerprint density at radius 1 is 1.36 bits per heavy atom. The second-order valence-corrected chi connectivity index (χ2v) is 1.73. The molecular weight excluding hydrogens is 150 g/mol. The lowest BCUT2D eigenvalue weighted by Crippen LogP contribution is -2.11. The molecule has 11 heavy (non-hydrogen) atoms. The van der Waals surface area contributed by atoms with Gasteiger partial charge in [-0.2, -0.15) is 0 Å². The number of ketones is 1. The Balaban J connectivity index is 4.51. The van der Waals surface area contributed by atoms with Gasteiger partial charge >= 0.3 is 6.43 Å². The van der Waals surface area contributed by atoms with Crippen LogP contribution in [0, 0.1) is 0 Å². The van der Waals surface area contributed by atoms with Gasteiger partial charge in [0.05, 0.1) is 0 Å². The molecule has 60 valence electrons. The highest BCUT2D eigenvalue weighted by Crippen LogP contribution is 2.05. The maximum Gasteiger partial charge on any atom is 0.300 e. The minimum atomic E-state index is -2.97. The first kappa shape index (κ1) is 9.75. The zero-order chi connectivity index (χ0) is 8.85. The molecule has 0 rings (SSSR count). The average molecular weight is 158 g/mol. The van der Waals surface area contributed by atoms with E-state index in [1.807, 2.05) is 0 Å². The van der Waals surface area contributed by atoms with Crippen LogP contribution in [0.1, 0.15) is 0 Å². The van der Waals surface area contributed by atoms with E-state index in [1.165, 1.54) is 12.2 Å². The molecule has 0 radical (unpaired) electrons. The normalized spacial score (nSPS) is 11.4. The number of alkyl halides is 2. The second-order valence-electron chi connectivity index (χ2n) is 1.73. The number of carbonyl (C=O) groups is 1. The monoisotopic (exact) mass is 158 g/mol. The van der Waals surface area contributed by atoms with E-state index in [-0.39, 0.29) is 5.57 Å². The molecule has 0 aliphatic heterocycles. The fourth-order valence-electron chi connectivity index (χ4n) is 0.504. The van der Waals surface area contributed by atoms with E-state index in [0.29, 0.717) is 0 Å². The van der Waals surface area contributed by atoms with Gasteiger partial charge in [0, 0.05) is 5.57 Å². The van der Waals surface area contributed by atoms with Crippen molar-refractivity contribution in [3.63, 3.8) is 0 Å². The summed E-state index contributed by atoms with van der Waals surface area (Å²) in [6.07, 6.45) is 0.564. The molecule has 0 aliphatic rings. The molecule has 3 heteroatoms. The third kappa shape index (κ3) is 2.89. The molecule has 0 fully saturated rings. The second kappa shape index (κ2) is 4.55. The zero-order valence-electron chi connectivity index (χ0n) is 5.89. The minimum Gasteiger partial charge on any atom is -0.288 e. The first-order chi connectivity index (χ1) is 5.13. The standard InChI is InChI=1S/C8H8F2O/c1-3-5-6(4-2)7(11)8(9)10/h3-5,8H,1-2H2/b6-5+. The van der Waals surface area contributed by atoms with Crippen molar-refractivity contribution in [3.05, 3.63) is 37.0 Å². The molecule has 0 saturated carbocycles. The topological polar surface area (TPSA) is 17.1 Å². The predicted octanol–water partition coefficient (Wildman–Crippen LogP) is 2.12. The van der Waals surface area contributed by atoms with Crippen LogP contribution in [0.5, 0.6) is 0 Å². The first-order valence-electron chi connectivity index (χ1n) is 2.91. The highest BCUT2D eigenvalue weighted by molar-refractivity contribution is 6.00. The average Bonchev–Trinajstić information content (AvgIpc) is 1.98. The predicted molar refractivity (Wildman–Crippen MR) is 39.5 cm³/mol. The lowest BCUT2D eigenvalue weighted by atomic mass is 10.1. The fraction of sp³-hybridized carbons (Fsp3) is 0.125. The third-order valence-electron chi connectivity index (χ3n) is 1.00. The van der Waals surface area contributed by atoms with E-state index in [9.17, 15) is 13.6 Å². The van der Waals surface area contributed by atoms with Gasteiger partial charge in [0.1, 0.15) is 0 Å². The molecule has 0 bridgehead atoms. The van der Waals surface area contributed by atoms with E-state index in [2.05, 4.69) is 13.2 Å². The molecule has 0 aliphatic carbocycles. The van der Waals surface area contributed by atoms with Crippen molar-refractivity contribution in [2.24, 2.45) is 0 Å². The van der Waals surface area contributed by atoms with E-state index >= 15 is 0 Å². The number of Topliss-reactive ketones (excluding diaryl/α,β-unsaturated/α-hetero) is 1. The largest absolute Gasteiger partial charge is 0.300 e. The van der Waals surface area contributed by atoms with Crippen molar-refractivity contribution in [3.8, 4) is 0 Å². The van der Waals surface area contributed by atoms with Crippen molar-refractivity contribution in [1.29, 1.82) is 0 Å². The first-order valence-corrected chi connectivity index (χ1v) is 2.91. The quantitative estimate of drug-likeness (QED) is 0.452. The summed E-state index contributed by atoms with van der Waals surface area (Å²) >= 11 is 0. The molecule has 0 heterocycles. The van der Waals surface area contributed by atoms with Gasteiger partial charge in [-0.1, -0.05) is 31.4 Å². The third-order valence-corrected chi connectivity index (χ3v) is 1.00. The number of carbonyl (C=O) groups excluding carboxylic acids is 1. The van der Waals surface area contributed by atoms with Crippen molar-refractivity contribution >= 4 is 5.78 Å². The van der Waals surface area contributed by atoms with E-state index in [0.717, 1.165) is 6.08 Å². The maximum atomic E-state index is 11.7. The van der Waals surface area contributed by atoms with Crippen LogP contribution in [-0.4, -0.2) is 12.2 Å². The van der Waals surface area contributed by atoms with Crippen LogP contribution >= 0.6 is 0 Å². The molecule has 0 aromatic carbocycles. The van der Waals surface area contributed by atoms with Gasteiger partial charge in [-0.25, -0.2) is 8.78 Å². The lowest BCUT2D eigenvalue weighted by molar-refractivity contribution is -0.125. The molecule has 0 spiro atoms. The maximum absolute atomic E-state index is 11.7. The van der Waals surface area contributed by atoms with Crippen LogP contribution in [0.2, 0.25) is 0 Å². The van der Waals surface area contributed by atoms with Gasteiger partial charge in [-0.15, -0.1) is 0 Å². The summed E-state index contributed by atoms with van der Waals surface area (Å²) in [5.41, 5.74) is -0.116. The molecular formula is C8H8F2O. The number of hydrogen-bond donors (Lipinski definition) is 0. The smallest absolute Gasteiger partial charge is 0.288 e. The highest BCUT2D eigenvalue weighted by Gasteiger charge is 2.17. The summed E-state index contributed by atoms with van der Waals surface area (Å²) in [5.74, 6) is -1.22. The zero-order valence-corrected chi connectivity index (χ0v) is 5.89. The van der Waals surface area contributed by atoms with E-state index in [1.54, 1.807) is 0 Å². The molecule has 0 saturated heterocycles. The summed E-state index contributed by atoms with van der Waals surface area (Å²) in [5, 5.41) is 0. The fourth-order valence-corrected chi connectivity index (χ4v) is 0.504. The molecule has 0 aromatic heterocycles. The Kier molecular flexibility index (Phi) is 4.03. The Labute approximate surface area is 63.7 Å². The minimum absolute atomic E-state index is 0.116. The van der Waals surface area contributed by atoms with Gasteiger partial charge < -0.3 is 0 Å². The SMILES string of the molecule is C=C/C=C(\C=C)C(=O)C(F)F. The van der Waals surface area contributed by atoms with Crippen LogP contribution in [0.25, 0.3) is 0 Å².